The van der Waals surface area contributed by atoms with E-state index in [1.54, 1.807) is 82.1 Å². The van der Waals surface area contributed by atoms with Crippen molar-refractivity contribution in [2.24, 2.45) is 5.92 Å². The maximum atomic E-state index is 13.3. The third kappa shape index (κ3) is 7.52. The molecule has 5 rings (SSSR count). The van der Waals surface area contributed by atoms with Crippen LogP contribution in [0.15, 0.2) is 49.1 Å². The summed E-state index contributed by atoms with van der Waals surface area (Å²) in [6, 6.07) is 6.34. The van der Waals surface area contributed by atoms with E-state index in [0.29, 0.717) is 35.0 Å². The van der Waals surface area contributed by atoms with Gasteiger partial charge in [-0.1, -0.05) is 0 Å². The van der Waals surface area contributed by atoms with Gasteiger partial charge in [0.25, 0.3) is 23.6 Å². The molecule has 0 spiro atoms. The summed E-state index contributed by atoms with van der Waals surface area (Å²) in [5.41, 5.74) is 3.10. The Labute approximate surface area is 278 Å². The van der Waals surface area contributed by atoms with Crippen LogP contribution in [0, 0.1) is 5.92 Å². The molecule has 1 aliphatic carbocycles. The smallest absolute Gasteiger partial charge is 0.274 e. The zero-order valence-corrected chi connectivity index (χ0v) is 28.0. The molecule has 48 heavy (non-hydrogen) atoms. The van der Waals surface area contributed by atoms with E-state index in [1.807, 2.05) is 14.1 Å². The van der Waals surface area contributed by atoms with Crippen molar-refractivity contribution in [1.29, 1.82) is 0 Å². The van der Waals surface area contributed by atoms with Gasteiger partial charge in [0.15, 0.2) is 0 Å². The number of amides is 5. The average molecular weight is 659 g/mol. The predicted molar refractivity (Wildman–Crippen MR) is 183 cm³/mol. The second-order valence-electron chi connectivity index (χ2n) is 12.4. The highest BCUT2D eigenvalue weighted by Gasteiger charge is 2.30. The van der Waals surface area contributed by atoms with Crippen LogP contribution in [0.4, 0.5) is 22.7 Å². The Morgan fingerprint density at radius 2 is 1.02 bits per heavy atom. The largest absolute Gasteiger partial charge is 0.355 e. The first kappa shape index (κ1) is 33.8. The van der Waals surface area contributed by atoms with Gasteiger partial charge in [0.1, 0.15) is 22.8 Å². The van der Waals surface area contributed by atoms with E-state index >= 15 is 0 Å². The molecule has 1 saturated carbocycles. The number of aromatic nitrogens is 4. The van der Waals surface area contributed by atoms with Crippen LogP contribution < -0.4 is 20.0 Å². The fourth-order valence-electron chi connectivity index (χ4n) is 5.10. The third-order valence-electron chi connectivity index (χ3n) is 8.34. The van der Waals surface area contributed by atoms with Crippen molar-refractivity contribution < 1.29 is 24.0 Å². The first-order chi connectivity index (χ1) is 22.8. The SMILES string of the molecule is CN(C)CCCN(C)C(=O)c1cc(N(C)C(=O)c2cc(N(C)C(=O)c3cc(N(C)C(=O)c4cc(NC(=O)C5CC5)c[nH]4)c[nH]3)c[nH]2)c[nH]1. The third-order valence-corrected chi connectivity index (χ3v) is 8.34. The number of carbonyl (C=O) groups is 5. The molecule has 254 valence electrons. The van der Waals surface area contributed by atoms with Crippen LogP contribution in [0.5, 0.6) is 0 Å². The average Bonchev–Trinajstić information content (AvgIpc) is 3.52. The van der Waals surface area contributed by atoms with E-state index < -0.39 is 0 Å². The lowest BCUT2D eigenvalue weighted by Gasteiger charge is -2.18. The Morgan fingerprint density at radius 3 is 1.46 bits per heavy atom. The zero-order valence-electron chi connectivity index (χ0n) is 28.0. The Morgan fingerprint density at radius 1 is 0.604 bits per heavy atom. The van der Waals surface area contributed by atoms with Crippen molar-refractivity contribution in [3.63, 3.8) is 0 Å². The Bertz CT molecular complexity index is 1810. The van der Waals surface area contributed by atoms with Crippen molar-refractivity contribution >= 4 is 52.3 Å². The number of carbonyl (C=O) groups excluding carboxylic acids is 5. The Balaban J connectivity index is 1.18. The van der Waals surface area contributed by atoms with E-state index in [9.17, 15) is 24.0 Å². The second-order valence-corrected chi connectivity index (χ2v) is 12.4. The van der Waals surface area contributed by atoms with Gasteiger partial charge in [0.2, 0.25) is 5.91 Å². The number of anilines is 4. The number of aromatic amines is 4. The van der Waals surface area contributed by atoms with Gasteiger partial charge in [-0.05, 0) is 64.2 Å². The summed E-state index contributed by atoms with van der Waals surface area (Å²) < 4.78 is 0. The van der Waals surface area contributed by atoms with Crippen LogP contribution in [0.2, 0.25) is 0 Å². The van der Waals surface area contributed by atoms with Crippen LogP contribution in [0.1, 0.15) is 61.2 Å². The number of hydrogen-bond acceptors (Lipinski definition) is 6. The second kappa shape index (κ2) is 14.0. The molecule has 0 saturated heterocycles. The van der Waals surface area contributed by atoms with Crippen molar-refractivity contribution in [3.8, 4) is 0 Å². The van der Waals surface area contributed by atoms with Gasteiger partial charge in [-0.2, -0.15) is 0 Å². The minimum Gasteiger partial charge on any atom is -0.355 e. The summed E-state index contributed by atoms with van der Waals surface area (Å²) in [6.45, 7) is 1.47. The summed E-state index contributed by atoms with van der Waals surface area (Å²) in [4.78, 5) is 84.2. The highest BCUT2D eigenvalue weighted by molar-refractivity contribution is 6.10. The van der Waals surface area contributed by atoms with Gasteiger partial charge in [0.05, 0.1) is 22.7 Å². The lowest BCUT2D eigenvalue weighted by molar-refractivity contribution is -0.117. The van der Waals surface area contributed by atoms with E-state index in [0.717, 1.165) is 25.8 Å². The van der Waals surface area contributed by atoms with Crippen LogP contribution in [0.3, 0.4) is 0 Å². The molecule has 0 aromatic carbocycles. The highest BCUT2D eigenvalue weighted by Crippen LogP contribution is 2.30. The van der Waals surface area contributed by atoms with Crippen molar-refractivity contribution in [2.45, 2.75) is 19.3 Å². The molecule has 0 unspecified atom stereocenters. The number of hydrogen-bond donors (Lipinski definition) is 5. The number of nitrogens with one attached hydrogen (secondary N) is 5. The molecule has 5 amide bonds. The van der Waals surface area contributed by atoms with Crippen LogP contribution in [-0.2, 0) is 4.79 Å². The molecule has 15 nitrogen and oxygen atoms in total. The molecule has 0 radical (unpaired) electrons. The summed E-state index contributed by atoms with van der Waals surface area (Å²) in [5, 5.41) is 2.80. The minimum absolute atomic E-state index is 0.0436. The molecule has 1 fully saturated rings. The standard InChI is InChI=1S/C33H42N10O5/c1-39(2)10-7-11-40(3)30(45)26-13-22(17-35-26)42(5)32(47)28-15-24(19-37-28)43(6)33(48)27-14-23(18-36-27)41(4)31(46)25-12-21(16-34-25)38-29(44)20-8-9-20/h12-20,34-37H,7-11H2,1-6H3,(H,38,44). The first-order valence-electron chi connectivity index (χ1n) is 15.6. The fourth-order valence-corrected chi connectivity index (χ4v) is 5.10. The molecule has 0 atom stereocenters. The molecule has 0 aliphatic heterocycles. The number of H-pyrrole nitrogens is 4. The molecule has 15 heteroatoms. The maximum Gasteiger partial charge on any atom is 0.274 e. The Kier molecular flexibility index (Phi) is 9.89. The lowest BCUT2D eigenvalue weighted by Crippen LogP contribution is -2.30. The van der Waals surface area contributed by atoms with E-state index in [4.69, 9.17) is 0 Å². The van der Waals surface area contributed by atoms with Gasteiger partial charge < -0.3 is 49.8 Å². The summed E-state index contributed by atoms with van der Waals surface area (Å²) in [5.74, 6) is -1.27. The first-order valence-corrected chi connectivity index (χ1v) is 15.6. The number of rotatable bonds is 13. The summed E-state index contributed by atoms with van der Waals surface area (Å²) in [7, 11) is 10.5. The molecular weight excluding hydrogens is 616 g/mol. The van der Waals surface area contributed by atoms with E-state index in [1.165, 1.54) is 14.7 Å². The molecule has 4 aromatic heterocycles. The van der Waals surface area contributed by atoms with Crippen LogP contribution in [-0.4, -0.2) is 115 Å². The molecule has 5 N–H and O–H groups in total. The van der Waals surface area contributed by atoms with Gasteiger partial charge >= 0.3 is 0 Å². The summed E-state index contributed by atoms with van der Waals surface area (Å²) in [6.07, 6.45) is 8.88. The maximum absolute atomic E-state index is 13.3. The predicted octanol–water partition coefficient (Wildman–Crippen LogP) is 3.20. The van der Waals surface area contributed by atoms with Gasteiger partial charge in [-0.3, -0.25) is 24.0 Å². The molecule has 1 aliphatic rings. The van der Waals surface area contributed by atoms with E-state index in [-0.39, 0.29) is 52.5 Å². The monoisotopic (exact) mass is 658 g/mol. The lowest BCUT2D eigenvalue weighted by atomic mass is 10.3. The fraction of sp³-hybridized carbons (Fsp3) is 0.364. The quantitative estimate of drug-likeness (QED) is 0.147. The zero-order chi connectivity index (χ0) is 34.7. The van der Waals surface area contributed by atoms with E-state index in [2.05, 4.69) is 30.2 Å². The van der Waals surface area contributed by atoms with Gasteiger partial charge in [0, 0.05) is 65.4 Å². The van der Waals surface area contributed by atoms with Crippen LogP contribution in [0.25, 0.3) is 0 Å². The topological polar surface area (TPSA) is 177 Å². The minimum atomic E-state index is -0.387. The molecular formula is C33H42N10O5. The van der Waals surface area contributed by atoms with Crippen molar-refractivity contribution in [1.82, 2.24) is 29.7 Å². The summed E-state index contributed by atoms with van der Waals surface area (Å²) >= 11 is 0. The molecule has 4 heterocycles. The van der Waals surface area contributed by atoms with Gasteiger partial charge in [-0.25, -0.2) is 0 Å². The number of nitrogens with zero attached hydrogens (tertiary/aromatic N) is 5. The normalized spacial score (nSPS) is 12.6. The molecule has 4 aromatic rings. The molecule has 0 bridgehead atoms. The van der Waals surface area contributed by atoms with Crippen LogP contribution >= 0.6 is 0 Å². The van der Waals surface area contributed by atoms with Crippen molar-refractivity contribution in [3.05, 3.63) is 71.8 Å². The highest BCUT2D eigenvalue weighted by atomic mass is 16.2. The Hall–Kier alpha value is -5.57. The van der Waals surface area contributed by atoms with Gasteiger partial charge in [-0.15, -0.1) is 0 Å². The van der Waals surface area contributed by atoms with Crippen molar-refractivity contribution in [2.75, 3.05) is 75.4 Å².